The minimum atomic E-state index is -1.09. The van der Waals surface area contributed by atoms with Crippen LogP contribution in [0, 0.1) is 0 Å². The van der Waals surface area contributed by atoms with E-state index in [1.165, 1.54) is 0 Å². The van der Waals surface area contributed by atoms with Gasteiger partial charge in [-0.1, -0.05) is 6.07 Å². The van der Waals surface area contributed by atoms with Crippen molar-refractivity contribution in [3.63, 3.8) is 0 Å². The summed E-state index contributed by atoms with van der Waals surface area (Å²) >= 11 is 0. The summed E-state index contributed by atoms with van der Waals surface area (Å²) in [5.41, 5.74) is 4.50. The number of hydrogen-bond donors (Lipinski definition) is 1. The van der Waals surface area contributed by atoms with Crippen molar-refractivity contribution in [3.05, 3.63) is 30.1 Å². The van der Waals surface area contributed by atoms with E-state index in [4.69, 9.17) is 0 Å². The van der Waals surface area contributed by atoms with Crippen molar-refractivity contribution in [1.82, 2.24) is 4.98 Å². The Morgan fingerprint density at radius 3 is 3.00 bits per heavy atom. The summed E-state index contributed by atoms with van der Waals surface area (Å²) in [6.07, 6.45) is 4.58. The molecule has 70 valence electrons. The molecule has 3 N–H and O–H groups in total. The number of aromatic nitrogens is 1. The number of carbonyl (C=O) groups excluding carboxylic acids is 1. The summed E-state index contributed by atoms with van der Waals surface area (Å²) in [7, 11) is 0. The fourth-order valence-corrected chi connectivity index (χ4v) is 1.00. The number of carbonyl (C=O) groups is 1. The van der Waals surface area contributed by atoms with Crippen LogP contribution in [0.3, 0.4) is 0 Å². The number of rotatable bonds is 4. The Bertz CT molecular complexity index is 274. The number of pyridine rings is 1. The molecule has 1 rings (SSSR count). The summed E-state index contributed by atoms with van der Waals surface area (Å²) in [5, 5.41) is 10.3. The topological polar surface area (TPSA) is 80.7 Å². The molecule has 0 aliphatic heterocycles. The van der Waals surface area contributed by atoms with Gasteiger partial charge in [-0.3, -0.25) is 4.98 Å². The maximum atomic E-state index is 10.3. The van der Waals surface area contributed by atoms with Crippen LogP contribution in [0.5, 0.6) is 0 Å². The summed E-state index contributed by atoms with van der Waals surface area (Å²) in [5.74, 6) is -1.09. The Morgan fingerprint density at radius 2 is 2.46 bits per heavy atom. The van der Waals surface area contributed by atoms with Crippen molar-refractivity contribution in [2.45, 2.75) is 18.9 Å². The van der Waals surface area contributed by atoms with Crippen LogP contribution in [0.4, 0.5) is 0 Å². The maximum Gasteiger partial charge on any atom is 0.125 e. The maximum absolute atomic E-state index is 10.3. The van der Waals surface area contributed by atoms with Crippen molar-refractivity contribution in [3.8, 4) is 0 Å². The quantitative estimate of drug-likeness (QED) is 0.604. The molecular formula is C9H12N2O2. The first-order valence-electron chi connectivity index (χ1n) is 4.13. The number of carboxylic acids is 1. The Balaban J connectivity index is 2.39. The number of hydrogen-bond acceptors (Lipinski definition) is 3. The average molecular weight is 180 g/mol. The molecule has 0 saturated heterocycles. The Labute approximate surface area is 76.4 Å². The summed E-state index contributed by atoms with van der Waals surface area (Å²) in [4.78, 5) is 14.3. The molecule has 1 heterocycles. The van der Waals surface area contributed by atoms with Gasteiger partial charge in [-0.25, -0.2) is 0 Å². The van der Waals surface area contributed by atoms with Crippen LogP contribution < -0.4 is 10.8 Å². The van der Waals surface area contributed by atoms with Gasteiger partial charge in [0.25, 0.3) is 0 Å². The summed E-state index contributed by atoms with van der Waals surface area (Å²) in [6.45, 7) is 0. The first kappa shape index (κ1) is 9.67. The first-order chi connectivity index (χ1) is 6.20. The van der Waals surface area contributed by atoms with Gasteiger partial charge in [-0.2, -0.15) is 0 Å². The molecule has 0 fully saturated rings. The van der Waals surface area contributed by atoms with Crippen molar-refractivity contribution in [2.24, 2.45) is 0 Å². The van der Waals surface area contributed by atoms with E-state index in [1.54, 1.807) is 12.4 Å². The van der Waals surface area contributed by atoms with E-state index in [9.17, 15) is 9.90 Å². The highest BCUT2D eigenvalue weighted by Gasteiger charge is 2.06. The van der Waals surface area contributed by atoms with Crippen molar-refractivity contribution >= 4 is 5.97 Å². The van der Waals surface area contributed by atoms with Gasteiger partial charge in [0.15, 0.2) is 0 Å². The molecule has 0 aliphatic carbocycles. The van der Waals surface area contributed by atoms with Gasteiger partial charge < -0.3 is 15.6 Å². The monoisotopic (exact) mass is 180 g/mol. The van der Waals surface area contributed by atoms with Gasteiger partial charge in [0, 0.05) is 18.8 Å². The standard InChI is InChI=1S/C9H12N2O2/c10-8(9(12)13)4-3-7-2-1-5-11-6-7/h1-2,5-6,8H,3-4,10H2,(H,12,13)/t8-/m0/s1. The molecular weight excluding hydrogens is 168 g/mol. The molecule has 0 bridgehead atoms. The third-order valence-corrected chi connectivity index (χ3v) is 1.84. The Hall–Kier alpha value is -1.42. The minimum absolute atomic E-state index is 0.494. The molecule has 4 nitrogen and oxygen atoms in total. The van der Waals surface area contributed by atoms with Crippen LogP contribution in [-0.2, 0) is 11.2 Å². The van der Waals surface area contributed by atoms with Gasteiger partial charge >= 0.3 is 0 Å². The van der Waals surface area contributed by atoms with Gasteiger partial charge in [-0.05, 0) is 18.1 Å². The smallest absolute Gasteiger partial charge is 0.125 e. The number of aliphatic carboxylic acids is 1. The van der Waals surface area contributed by atoms with Gasteiger partial charge in [0.05, 0.1) is 5.97 Å². The van der Waals surface area contributed by atoms with Crippen molar-refractivity contribution < 1.29 is 15.6 Å². The molecule has 13 heavy (non-hydrogen) atoms. The molecule has 0 aromatic carbocycles. The lowest BCUT2D eigenvalue weighted by molar-refractivity contribution is -0.438. The molecule has 0 unspecified atom stereocenters. The van der Waals surface area contributed by atoms with Crippen LogP contribution in [0.1, 0.15) is 12.0 Å². The molecule has 0 saturated carbocycles. The second kappa shape index (κ2) is 4.57. The molecule has 4 heteroatoms. The summed E-state index contributed by atoms with van der Waals surface area (Å²) < 4.78 is 0. The van der Waals surface area contributed by atoms with Crippen molar-refractivity contribution in [2.75, 3.05) is 0 Å². The van der Waals surface area contributed by atoms with E-state index < -0.39 is 12.0 Å². The van der Waals surface area contributed by atoms with Crippen LogP contribution in [0.2, 0.25) is 0 Å². The molecule has 1 aromatic rings. The molecule has 1 aromatic heterocycles. The fraction of sp³-hybridized carbons (Fsp3) is 0.333. The van der Waals surface area contributed by atoms with Gasteiger partial charge in [0.2, 0.25) is 0 Å². The second-order valence-electron chi connectivity index (χ2n) is 2.92. The Kier molecular flexibility index (Phi) is 3.40. The minimum Gasteiger partial charge on any atom is -0.544 e. The second-order valence-corrected chi connectivity index (χ2v) is 2.92. The van der Waals surface area contributed by atoms with Gasteiger partial charge in [0.1, 0.15) is 6.04 Å². The third kappa shape index (κ3) is 3.21. The van der Waals surface area contributed by atoms with E-state index in [-0.39, 0.29) is 0 Å². The lowest BCUT2D eigenvalue weighted by atomic mass is 10.1. The number of carboxylic acid groups (broad SMARTS) is 1. The zero-order valence-electron chi connectivity index (χ0n) is 7.27. The molecule has 0 spiro atoms. The van der Waals surface area contributed by atoms with Gasteiger partial charge in [-0.15, -0.1) is 0 Å². The number of nitrogens with zero attached hydrogens (tertiary/aromatic N) is 1. The highest BCUT2D eigenvalue weighted by Crippen LogP contribution is 2.00. The highest BCUT2D eigenvalue weighted by atomic mass is 16.4. The molecule has 0 radical (unpaired) electrons. The predicted molar refractivity (Wildman–Crippen MR) is 44.2 cm³/mol. The SMILES string of the molecule is [NH3+][C@@H](CCc1cccnc1)C(=O)[O-]. The zero-order valence-corrected chi connectivity index (χ0v) is 7.27. The average Bonchev–Trinajstić information content (AvgIpc) is 2.15. The Morgan fingerprint density at radius 1 is 1.69 bits per heavy atom. The van der Waals surface area contributed by atoms with E-state index in [0.717, 1.165) is 5.56 Å². The summed E-state index contributed by atoms with van der Waals surface area (Å²) in [6, 6.07) is 3.10. The van der Waals surface area contributed by atoms with Crippen LogP contribution >= 0.6 is 0 Å². The predicted octanol–water partition coefficient (Wildman–Crippen LogP) is -1.63. The van der Waals surface area contributed by atoms with E-state index in [2.05, 4.69) is 10.7 Å². The zero-order chi connectivity index (χ0) is 9.68. The normalized spacial score (nSPS) is 12.4. The van der Waals surface area contributed by atoms with E-state index >= 15 is 0 Å². The van der Waals surface area contributed by atoms with Crippen molar-refractivity contribution in [1.29, 1.82) is 0 Å². The fourth-order valence-electron chi connectivity index (χ4n) is 1.00. The highest BCUT2D eigenvalue weighted by molar-refractivity contribution is 5.69. The molecule has 0 amide bonds. The largest absolute Gasteiger partial charge is 0.544 e. The van der Waals surface area contributed by atoms with Crippen LogP contribution in [0.25, 0.3) is 0 Å². The number of quaternary nitrogens is 1. The lowest BCUT2D eigenvalue weighted by Crippen LogP contribution is -2.68. The van der Waals surface area contributed by atoms with E-state index in [0.29, 0.717) is 12.8 Å². The number of aryl methyl sites for hydroxylation is 1. The molecule has 1 atom stereocenters. The third-order valence-electron chi connectivity index (χ3n) is 1.84. The van der Waals surface area contributed by atoms with E-state index in [1.807, 2.05) is 12.1 Å². The van der Waals surface area contributed by atoms with Crippen LogP contribution in [-0.4, -0.2) is 17.0 Å². The van der Waals surface area contributed by atoms with Crippen LogP contribution in [0.15, 0.2) is 24.5 Å². The lowest BCUT2D eigenvalue weighted by Gasteiger charge is -2.08. The molecule has 0 aliphatic rings. The first-order valence-corrected chi connectivity index (χ1v) is 4.13.